The number of aryl methyl sites for hydroxylation is 1. The molecule has 150 valence electrons. The molecule has 4 rings (SSSR count). The molecule has 6 nitrogen and oxygen atoms in total. The maximum absolute atomic E-state index is 13.2. The van der Waals surface area contributed by atoms with Gasteiger partial charge < -0.3 is 20.1 Å². The molecule has 0 saturated heterocycles. The van der Waals surface area contributed by atoms with Crippen molar-refractivity contribution >= 4 is 22.7 Å². The van der Waals surface area contributed by atoms with E-state index in [1.807, 2.05) is 68.4 Å². The molecule has 2 N–H and O–H groups in total. The number of nitrogens with zero attached hydrogens (tertiary/aromatic N) is 2. The normalized spacial score (nSPS) is 15.9. The van der Waals surface area contributed by atoms with Gasteiger partial charge >= 0.3 is 0 Å². The molecule has 3 aromatic rings. The number of carbonyl (C=O) groups excluding carboxylic acids is 2. The van der Waals surface area contributed by atoms with E-state index in [-0.39, 0.29) is 24.4 Å². The first kappa shape index (κ1) is 19.2. The van der Waals surface area contributed by atoms with Crippen LogP contribution < -0.4 is 5.32 Å². The number of hydrogen-bond acceptors (Lipinski definition) is 3. The molecular formula is C23H26N4O2. The molecule has 6 heteroatoms. The molecule has 1 aromatic heterocycles. The van der Waals surface area contributed by atoms with Gasteiger partial charge in [-0.1, -0.05) is 36.4 Å². The van der Waals surface area contributed by atoms with Gasteiger partial charge in [-0.3, -0.25) is 9.59 Å². The Morgan fingerprint density at radius 3 is 2.66 bits per heavy atom. The van der Waals surface area contributed by atoms with Gasteiger partial charge in [-0.25, -0.2) is 0 Å². The highest BCUT2D eigenvalue weighted by atomic mass is 16.2. The predicted octanol–water partition coefficient (Wildman–Crippen LogP) is 2.70. The Bertz CT molecular complexity index is 1070. The van der Waals surface area contributed by atoms with Crippen LogP contribution in [0.4, 0.5) is 0 Å². The highest BCUT2D eigenvalue weighted by Crippen LogP contribution is 2.42. The molecule has 2 amide bonds. The van der Waals surface area contributed by atoms with Crippen molar-refractivity contribution in [3.05, 3.63) is 70.9 Å². The Morgan fingerprint density at radius 2 is 1.86 bits per heavy atom. The zero-order chi connectivity index (χ0) is 20.5. The van der Waals surface area contributed by atoms with Gasteiger partial charge in [-0.05, 0) is 38.7 Å². The molecule has 1 aliphatic heterocycles. The lowest BCUT2D eigenvalue weighted by Gasteiger charge is -2.26. The third kappa shape index (κ3) is 3.51. The quantitative estimate of drug-likeness (QED) is 0.680. The maximum Gasteiger partial charge on any atom is 0.255 e. The van der Waals surface area contributed by atoms with Crippen LogP contribution in [-0.2, 0) is 4.79 Å². The first-order valence-electron chi connectivity index (χ1n) is 9.86. The molecule has 1 aliphatic rings. The van der Waals surface area contributed by atoms with E-state index in [1.165, 1.54) is 0 Å². The van der Waals surface area contributed by atoms with Gasteiger partial charge in [0.25, 0.3) is 5.91 Å². The first-order chi connectivity index (χ1) is 14.0. The Kier molecular flexibility index (Phi) is 5.11. The molecule has 0 bridgehead atoms. The second kappa shape index (κ2) is 7.72. The van der Waals surface area contributed by atoms with Gasteiger partial charge in [0.2, 0.25) is 5.91 Å². The van der Waals surface area contributed by atoms with Crippen LogP contribution in [0.15, 0.2) is 48.5 Å². The molecule has 2 heterocycles. The van der Waals surface area contributed by atoms with E-state index < -0.39 is 0 Å². The van der Waals surface area contributed by atoms with Crippen molar-refractivity contribution in [1.29, 1.82) is 0 Å². The number of rotatable bonds is 6. The summed E-state index contributed by atoms with van der Waals surface area (Å²) in [4.78, 5) is 32.9. The van der Waals surface area contributed by atoms with Crippen LogP contribution in [0.1, 0.15) is 33.2 Å². The molecule has 1 atom stereocenters. The summed E-state index contributed by atoms with van der Waals surface area (Å²) in [5.41, 5.74) is 4.72. The summed E-state index contributed by atoms with van der Waals surface area (Å²) >= 11 is 0. The summed E-state index contributed by atoms with van der Waals surface area (Å²) in [5.74, 6) is -0.242. The van der Waals surface area contributed by atoms with Crippen LogP contribution >= 0.6 is 0 Å². The fraction of sp³-hybridized carbons (Fsp3) is 0.304. The van der Waals surface area contributed by atoms with Crippen molar-refractivity contribution in [2.45, 2.75) is 13.0 Å². The third-order valence-electron chi connectivity index (χ3n) is 5.47. The molecule has 0 saturated carbocycles. The smallest absolute Gasteiger partial charge is 0.255 e. The lowest BCUT2D eigenvalue weighted by Crippen LogP contribution is -2.41. The van der Waals surface area contributed by atoms with Gasteiger partial charge in [0, 0.05) is 40.8 Å². The van der Waals surface area contributed by atoms with Crippen molar-refractivity contribution in [1.82, 2.24) is 20.1 Å². The summed E-state index contributed by atoms with van der Waals surface area (Å²) in [6.07, 6.45) is 0. The average molecular weight is 390 g/mol. The topological polar surface area (TPSA) is 68.4 Å². The molecule has 0 aliphatic carbocycles. The van der Waals surface area contributed by atoms with Crippen LogP contribution in [0.25, 0.3) is 10.9 Å². The minimum absolute atomic E-state index is 0.0323. The number of aromatic nitrogens is 1. The van der Waals surface area contributed by atoms with E-state index >= 15 is 0 Å². The number of H-pyrrole nitrogens is 1. The molecule has 29 heavy (non-hydrogen) atoms. The lowest BCUT2D eigenvalue weighted by atomic mass is 9.95. The maximum atomic E-state index is 13.2. The van der Waals surface area contributed by atoms with E-state index in [9.17, 15) is 9.59 Å². The zero-order valence-corrected chi connectivity index (χ0v) is 17.0. The number of hydrogen-bond donors (Lipinski definition) is 2. The van der Waals surface area contributed by atoms with Gasteiger partial charge in [0.1, 0.15) is 6.54 Å². The molecular weight excluding hydrogens is 364 g/mol. The fourth-order valence-corrected chi connectivity index (χ4v) is 4.12. The fourth-order valence-electron chi connectivity index (χ4n) is 4.12. The summed E-state index contributed by atoms with van der Waals surface area (Å²) in [6.45, 7) is 3.36. The largest absolute Gasteiger partial charge is 0.358 e. The van der Waals surface area contributed by atoms with Crippen LogP contribution in [0.5, 0.6) is 0 Å². The first-order valence-corrected chi connectivity index (χ1v) is 9.86. The number of carbonyl (C=O) groups is 2. The number of amides is 2. The Balaban J connectivity index is 1.71. The van der Waals surface area contributed by atoms with Gasteiger partial charge in [0.05, 0.1) is 6.04 Å². The molecule has 0 spiro atoms. The Hall–Kier alpha value is -3.12. The number of nitrogens with one attached hydrogen (secondary N) is 2. The van der Waals surface area contributed by atoms with Crippen LogP contribution in [-0.4, -0.2) is 60.3 Å². The van der Waals surface area contributed by atoms with E-state index in [0.717, 1.165) is 34.3 Å². The summed E-state index contributed by atoms with van der Waals surface area (Å²) < 4.78 is 0. The van der Waals surface area contributed by atoms with Crippen molar-refractivity contribution in [3.8, 4) is 0 Å². The number of para-hydroxylation sites is 1. The SMILES string of the molecule is Cc1[nH]c2ccccc2c1[C@@H]1c2ccccc2C(=O)N1CC(=O)NCCN(C)C. The second-order valence-corrected chi connectivity index (χ2v) is 7.79. The van der Waals surface area contributed by atoms with Crippen molar-refractivity contribution in [3.63, 3.8) is 0 Å². The Labute approximate surface area is 170 Å². The standard InChI is InChI=1S/C23H26N4O2/c1-15-21(18-10-6-7-11-19(18)25-15)22-16-8-4-5-9-17(16)23(29)27(22)14-20(28)24-12-13-26(2)3/h4-11,22,25H,12-14H2,1-3H3,(H,24,28)/t22-/m0/s1. The highest BCUT2D eigenvalue weighted by Gasteiger charge is 2.40. The summed E-state index contributed by atoms with van der Waals surface area (Å²) in [7, 11) is 3.92. The Morgan fingerprint density at radius 1 is 1.14 bits per heavy atom. The van der Waals surface area contributed by atoms with Crippen molar-refractivity contribution in [2.24, 2.45) is 0 Å². The zero-order valence-electron chi connectivity index (χ0n) is 17.0. The van der Waals surface area contributed by atoms with E-state index in [1.54, 1.807) is 4.90 Å². The third-order valence-corrected chi connectivity index (χ3v) is 5.47. The van der Waals surface area contributed by atoms with Crippen LogP contribution in [0.3, 0.4) is 0 Å². The summed E-state index contributed by atoms with van der Waals surface area (Å²) in [6, 6.07) is 15.5. The average Bonchev–Trinajstić information content (AvgIpc) is 3.15. The molecule has 2 aromatic carbocycles. The van der Waals surface area contributed by atoms with Gasteiger partial charge in [-0.2, -0.15) is 0 Å². The van der Waals surface area contributed by atoms with E-state index in [2.05, 4.69) is 16.4 Å². The van der Waals surface area contributed by atoms with Crippen LogP contribution in [0.2, 0.25) is 0 Å². The molecule has 0 unspecified atom stereocenters. The van der Waals surface area contributed by atoms with Crippen molar-refractivity contribution < 1.29 is 9.59 Å². The second-order valence-electron chi connectivity index (χ2n) is 7.79. The number of aromatic amines is 1. The van der Waals surface area contributed by atoms with Crippen LogP contribution in [0, 0.1) is 6.92 Å². The monoisotopic (exact) mass is 390 g/mol. The lowest BCUT2D eigenvalue weighted by molar-refractivity contribution is -0.122. The minimum atomic E-state index is -0.283. The summed E-state index contributed by atoms with van der Waals surface area (Å²) in [5, 5.41) is 4.00. The number of fused-ring (bicyclic) bond motifs is 2. The van der Waals surface area contributed by atoms with Gasteiger partial charge in [-0.15, -0.1) is 0 Å². The number of benzene rings is 2. The van der Waals surface area contributed by atoms with E-state index in [4.69, 9.17) is 0 Å². The minimum Gasteiger partial charge on any atom is -0.358 e. The molecule has 0 radical (unpaired) electrons. The predicted molar refractivity (Wildman–Crippen MR) is 114 cm³/mol. The molecule has 0 fully saturated rings. The van der Waals surface area contributed by atoms with Gasteiger partial charge in [0.15, 0.2) is 0 Å². The number of likely N-dealkylation sites (N-methyl/N-ethyl adjacent to an activating group) is 1. The van der Waals surface area contributed by atoms with E-state index in [0.29, 0.717) is 12.1 Å². The van der Waals surface area contributed by atoms with Crippen molar-refractivity contribution in [2.75, 3.05) is 33.7 Å². The highest BCUT2D eigenvalue weighted by molar-refractivity contribution is 6.02.